The lowest BCUT2D eigenvalue weighted by Crippen LogP contribution is -2.40. The second-order valence-corrected chi connectivity index (χ2v) is 7.55. The molecule has 1 heterocycles. The number of para-hydroxylation sites is 1. The summed E-state index contributed by atoms with van der Waals surface area (Å²) < 4.78 is 0. The van der Waals surface area contributed by atoms with Gasteiger partial charge in [-0.1, -0.05) is 43.6 Å². The van der Waals surface area contributed by atoms with Gasteiger partial charge in [0.15, 0.2) is 0 Å². The molecule has 0 radical (unpaired) electrons. The van der Waals surface area contributed by atoms with Crippen LogP contribution in [0.3, 0.4) is 0 Å². The predicted molar refractivity (Wildman–Crippen MR) is 109 cm³/mol. The summed E-state index contributed by atoms with van der Waals surface area (Å²) in [5.41, 5.74) is 1.09. The van der Waals surface area contributed by atoms with E-state index >= 15 is 0 Å². The molecule has 1 aliphatic heterocycles. The van der Waals surface area contributed by atoms with Gasteiger partial charge in [-0.05, 0) is 42.3 Å². The number of rotatable bonds is 6. The number of nitrogens with zero attached hydrogens (tertiary/aromatic N) is 2. The first-order valence-electron chi connectivity index (χ1n) is 9.12. The number of carbonyl (C=O) groups excluding carboxylic acids is 3. The average Bonchev–Trinajstić information content (AvgIpc) is 2.88. The second kappa shape index (κ2) is 8.44. The zero-order chi connectivity index (χ0) is 20.3. The monoisotopic (exact) mass is 399 g/mol. The fourth-order valence-electron chi connectivity index (χ4n) is 3.17. The van der Waals surface area contributed by atoms with Crippen molar-refractivity contribution in [3.05, 3.63) is 59.6 Å². The number of hydrogen-bond acceptors (Lipinski definition) is 3. The highest BCUT2D eigenvalue weighted by atomic mass is 35.5. The van der Waals surface area contributed by atoms with Crippen LogP contribution in [-0.2, 0) is 9.59 Å². The molecular formula is C21H22ClN3O3. The van der Waals surface area contributed by atoms with Crippen molar-refractivity contribution in [1.29, 1.82) is 0 Å². The Balaban J connectivity index is 1.80. The van der Waals surface area contributed by atoms with Crippen molar-refractivity contribution < 1.29 is 14.4 Å². The lowest BCUT2D eigenvalue weighted by Gasteiger charge is -2.23. The molecule has 1 N–H and O–H groups in total. The lowest BCUT2D eigenvalue weighted by atomic mass is 10.1. The van der Waals surface area contributed by atoms with Gasteiger partial charge in [0.25, 0.3) is 5.91 Å². The molecule has 2 aromatic carbocycles. The highest BCUT2D eigenvalue weighted by Crippen LogP contribution is 2.27. The third-order valence-corrected chi connectivity index (χ3v) is 4.65. The summed E-state index contributed by atoms with van der Waals surface area (Å²) in [6.07, 6.45) is -0.108. The van der Waals surface area contributed by atoms with Crippen molar-refractivity contribution in [2.24, 2.45) is 5.92 Å². The first-order valence-corrected chi connectivity index (χ1v) is 9.49. The third kappa shape index (κ3) is 4.34. The van der Waals surface area contributed by atoms with Gasteiger partial charge in [0, 0.05) is 17.3 Å². The van der Waals surface area contributed by atoms with Crippen molar-refractivity contribution in [1.82, 2.24) is 4.90 Å². The minimum absolute atomic E-state index is 0.108. The van der Waals surface area contributed by atoms with E-state index in [0.29, 0.717) is 22.9 Å². The van der Waals surface area contributed by atoms with E-state index in [1.165, 1.54) is 4.90 Å². The molecule has 146 valence electrons. The van der Waals surface area contributed by atoms with Gasteiger partial charge in [-0.3, -0.25) is 9.59 Å². The van der Waals surface area contributed by atoms with Crippen LogP contribution in [0.1, 0.15) is 20.3 Å². The summed E-state index contributed by atoms with van der Waals surface area (Å²) in [5, 5.41) is 3.32. The van der Waals surface area contributed by atoms with Crippen molar-refractivity contribution in [2.75, 3.05) is 16.8 Å². The van der Waals surface area contributed by atoms with E-state index in [0.717, 1.165) is 4.90 Å². The molecule has 28 heavy (non-hydrogen) atoms. The number of nitrogens with one attached hydrogen (secondary N) is 1. The molecule has 1 fully saturated rings. The van der Waals surface area contributed by atoms with Crippen molar-refractivity contribution in [3.63, 3.8) is 0 Å². The summed E-state index contributed by atoms with van der Waals surface area (Å²) in [4.78, 5) is 41.1. The van der Waals surface area contributed by atoms with E-state index in [1.807, 2.05) is 19.9 Å². The van der Waals surface area contributed by atoms with Crippen LogP contribution in [0, 0.1) is 5.92 Å². The minimum atomic E-state index is -0.831. The Kier molecular flexibility index (Phi) is 5.99. The first-order chi connectivity index (χ1) is 13.4. The zero-order valence-electron chi connectivity index (χ0n) is 15.8. The largest absolute Gasteiger partial charge is 0.332 e. The molecule has 0 bridgehead atoms. The number of urea groups is 1. The van der Waals surface area contributed by atoms with Gasteiger partial charge >= 0.3 is 6.03 Å². The Bertz CT molecular complexity index is 868. The van der Waals surface area contributed by atoms with Gasteiger partial charge < -0.3 is 10.2 Å². The number of hydrogen-bond donors (Lipinski definition) is 1. The fourth-order valence-corrected chi connectivity index (χ4v) is 3.30. The molecule has 1 aliphatic rings. The standard InChI is InChI=1S/C21H22ClN3O3/c1-14(2)13-24-18(12-19(26)23-16-10-8-15(22)9-11-16)20(27)25(21(24)28)17-6-4-3-5-7-17/h3-11,14,18H,12-13H2,1-2H3,(H,23,26)/t18-/m0/s1. The van der Waals surface area contributed by atoms with E-state index in [1.54, 1.807) is 48.5 Å². The maximum atomic E-state index is 13.0. The number of halogens is 1. The maximum absolute atomic E-state index is 13.0. The van der Waals surface area contributed by atoms with Crippen LogP contribution >= 0.6 is 11.6 Å². The molecule has 3 rings (SSSR count). The Morgan fingerprint density at radius 2 is 1.71 bits per heavy atom. The summed E-state index contributed by atoms with van der Waals surface area (Å²) in [6.45, 7) is 4.33. The fraction of sp³-hybridized carbons (Fsp3) is 0.286. The highest BCUT2D eigenvalue weighted by Gasteiger charge is 2.46. The summed E-state index contributed by atoms with van der Waals surface area (Å²) in [6, 6.07) is 14.3. The number of anilines is 2. The van der Waals surface area contributed by atoms with E-state index in [-0.39, 0.29) is 24.2 Å². The van der Waals surface area contributed by atoms with Crippen LogP contribution < -0.4 is 10.2 Å². The molecule has 2 aromatic rings. The summed E-state index contributed by atoms with van der Waals surface area (Å²) in [7, 11) is 0. The summed E-state index contributed by atoms with van der Waals surface area (Å²) >= 11 is 5.86. The molecule has 0 spiro atoms. The summed E-state index contributed by atoms with van der Waals surface area (Å²) in [5.74, 6) is -0.561. The van der Waals surface area contributed by atoms with Crippen LogP contribution in [0.4, 0.5) is 16.2 Å². The predicted octanol–water partition coefficient (Wildman–Crippen LogP) is 4.16. The number of carbonyl (C=O) groups is 3. The van der Waals surface area contributed by atoms with E-state index < -0.39 is 12.1 Å². The first kappa shape index (κ1) is 19.9. The molecule has 0 aliphatic carbocycles. The Morgan fingerprint density at radius 1 is 1.07 bits per heavy atom. The Labute approximate surface area is 169 Å². The molecule has 1 atom stereocenters. The van der Waals surface area contributed by atoms with Gasteiger partial charge in [-0.15, -0.1) is 0 Å². The van der Waals surface area contributed by atoms with Crippen LogP contribution in [0.2, 0.25) is 5.02 Å². The van der Waals surface area contributed by atoms with Crippen LogP contribution in [0.15, 0.2) is 54.6 Å². The second-order valence-electron chi connectivity index (χ2n) is 7.11. The zero-order valence-corrected chi connectivity index (χ0v) is 16.5. The molecule has 7 heteroatoms. The number of imide groups is 1. The smallest absolute Gasteiger partial charge is 0.326 e. The molecule has 0 unspecified atom stereocenters. The lowest BCUT2D eigenvalue weighted by molar-refractivity contribution is -0.124. The topological polar surface area (TPSA) is 69.7 Å². The molecule has 1 saturated heterocycles. The van der Waals surface area contributed by atoms with Crippen LogP contribution in [0.25, 0.3) is 0 Å². The minimum Gasteiger partial charge on any atom is -0.326 e. The van der Waals surface area contributed by atoms with Crippen molar-refractivity contribution in [3.8, 4) is 0 Å². The van der Waals surface area contributed by atoms with Crippen LogP contribution in [0.5, 0.6) is 0 Å². The molecule has 0 aromatic heterocycles. The number of amides is 4. The van der Waals surface area contributed by atoms with Gasteiger partial charge in [0.05, 0.1) is 12.1 Å². The molecule has 4 amide bonds. The van der Waals surface area contributed by atoms with Gasteiger partial charge in [-0.2, -0.15) is 0 Å². The Morgan fingerprint density at radius 3 is 2.32 bits per heavy atom. The van der Waals surface area contributed by atoms with E-state index in [9.17, 15) is 14.4 Å². The quantitative estimate of drug-likeness (QED) is 0.741. The maximum Gasteiger partial charge on any atom is 0.332 e. The van der Waals surface area contributed by atoms with Crippen molar-refractivity contribution >= 4 is 40.8 Å². The van der Waals surface area contributed by atoms with Gasteiger partial charge in [-0.25, -0.2) is 9.69 Å². The molecular weight excluding hydrogens is 378 g/mol. The molecule has 0 saturated carbocycles. The molecule has 6 nitrogen and oxygen atoms in total. The highest BCUT2D eigenvalue weighted by molar-refractivity contribution is 6.30. The third-order valence-electron chi connectivity index (χ3n) is 4.40. The van der Waals surface area contributed by atoms with Gasteiger partial charge in [0.2, 0.25) is 5.91 Å². The van der Waals surface area contributed by atoms with Crippen LogP contribution in [-0.4, -0.2) is 35.3 Å². The van der Waals surface area contributed by atoms with Crippen molar-refractivity contribution in [2.45, 2.75) is 26.3 Å². The average molecular weight is 400 g/mol. The SMILES string of the molecule is CC(C)CN1C(=O)N(c2ccccc2)C(=O)[C@@H]1CC(=O)Nc1ccc(Cl)cc1. The van der Waals surface area contributed by atoms with Gasteiger partial charge in [0.1, 0.15) is 6.04 Å². The Hall–Kier alpha value is -2.86. The van der Waals surface area contributed by atoms with E-state index in [4.69, 9.17) is 11.6 Å². The number of benzene rings is 2. The normalized spacial score (nSPS) is 16.8. The van der Waals surface area contributed by atoms with E-state index in [2.05, 4.69) is 5.32 Å².